The van der Waals surface area contributed by atoms with Gasteiger partial charge in [-0.25, -0.2) is 14.4 Å². The Morgan fingerprint density at radius 3 is 2.46 bits per heavy atom. The summed E-state index contributed by atoms with van der Waals surface area (Å²) < 4.78 is 19.6. The van der Waals surface area contributed by atoms with Crippen molar-refractivity contribution in [1.82, 2.24) is 9.97 Å². The minimum Gasteiger partial charge on any atom is -0.482 e. The second-order valence-electron chi connectivity index (χ2n) is 5.60. The van der Waals surface area contributed by atoms with Gasteiger partial charge >= 0.3 is 0 Å². The van der Waals surface area contributed by atoms with Gasteiger partial charge in [-0.15, -0.1) is 0 Å². The fourth-order valence-electron chi connectivity index (χ4n) is 2.45. The van der Waals surface area contributed by atoms with E-state index in [-0.39, 0.29) is 10.8 Å². The van der Waals surface area contributed by atoms with Gasteiger partial charge in [0.1, 0.15) is 17.7 Å². The molecule has 0 radical (unpaired) electrons. The molecule has 0 saturated carbocycles. The number of hydrogen-bond donors (Lipinski definition) is 2. The molecule has 2 aromatic heterocycles. The molecule has 1 atom stereocenters. The summed E-state index contributed by atoms with van der Waals surface area (Å²) in [6.45, 7) is 1.70. The summed E-state index contributed by atoms with van der Waals surface area (Å²) in [4.78, 5) is 8.19. The van der Waals surface area contributed by atoms with Crippen LogP contribution < -0.4 is 16.2 Å². The topological polar surface area (TPSA) is 87.0 Å². The molecular formula is C18H15Cl2FN4O. The average molecular weight is 393 g/mol. The normalized spacial score (nSPS) is 12.0. The summed E-state index contributed by atoms with van der Waals surface area (Å²) in [5, 5.41) is 0.213. The molecular weight excluding hydrogens is 378 g/mol. The lowest BCUT2D eigenvalue weighted by atomic mass is 10.1. The predicted molar refractivity (Wildman–Crippen MR) is 102 cm³/mol. The lowest BCUT2D eigenvalue weighted by Crippen LogP contribution is -2.08. The van der Waals surface area contributed by atoms with Crippen molar-refractivity contribution in [2.75, 3.05) is 11.5 Å². The quantitative estimate of drug-likeness (QED) is 0.616. The van der Waals surface area contributed by atoms with Crippen LogP contribution in [0, 0.1) is 5.82 Å². The van der Waals surface area contributed by atoms with Gasteiger partial charge < -0.3 is 16.2 Å². The van der Waals surface area contributed by atoms with Gasteiger partial charge in [-0.3, -0.25) is 0 Å². The average Bonchev–Trinajstić information content (AvgIpc) is 2.61. The van der Waals surface area contributed by atoms with Crippen molar-refractivity contribution in [3.8, 4) is 16.9 Å². The molecule has 4 N–H and O–H groups in total. The van der Waals surface area contributed by atoms with E-state index in [1.165, 1.54) is 12.1 Å². The Morgan fingerprint density at radius 1 is 1.04 bits per heavy atom. The molecule has 0 unspecified atom stereocenters. The summed E-state index contributed by atoms with van der Waals surface area (Å²) in [5.74, 6) is 0.350. The Morgan fingerprint density at radius 2 is 1.77 bits per heavy atom. The number of benzene rings is 1. The Labute approximate surface area is 159 Å². The number of pyridine rings is 2. The van der Waals surface area contributed by atoms with Gasteiger partial charge in [0.05, 0.1) is 5.02 Å². The Bertz CT molecular complexity index is 951. The van der Waals surface area contributed by atoms with E-state index in [0.29, 0.717) is 22.2 Å². The molecule has 26 heavy (non-hydrogen) atoms. The van der Waals surface area contributed by atoms with Crippen LogP contribution in [-0.2, 0) is 0 Å². The summed E-state index contributed by atoms with van der Waals surface area (Å²) >= 11 is 12.2. The highest BCUT2D eigenvalue weighted by molar-refractivity contribution is 6.36. The Balaban J connectivity index is 1.94. The first-order valence-electron chi connectivity index (χ1n) is 7.64. The molecule has 3 aromatic rings. The molecule has 0 saturated heterocycles. The van der Waals surface area contributed by atoms with Crippen LogP contribution in [0.5, 0.6) is 5.75 Å². The maximum absolute atomic E-state index is 13.8. The third-order valence-corrected chi connectivity index (χ3v) is 4.50. The molecule has 2 heterocycles. The zero-order valence-electron chi connectivity index (χ0n) is 13.7. The van der Waals surface area contributed by atoms with Crippen LogP contribution in [0.2, 0.25) is 10.0 Å². The molecule has 0 aliphatic rings. The molecule has 0 aliphatic heterocycles. The van der Waals surface area contributed by atoms with Crippen molar-refractivity contribution in [1.29, 1.82) is 0 Å². The molecule has 0 spiro atoms. The van der Waals surface area contributed by atoms with Crippen LogP contribution in [0.3, 0.4) is 0 Å². The SMILES string of the molecule is C[C@@H](Oc1cc(-c2ccc(N)nc2)cnc1N)c1c(Cl)ccc(F)c1Cl. The zero-order chi connectivity index (χ0) is 18.8. The third kappa shape index (κ3) is 3.66. The van der Waals surface area contributed by atoms with Crippen LogP contribution in [-0.4, -0.2) is 9.97 Å². The number of halogens is 3. The molecule has 0 bridgehead atoms. The van der Waals surface area contributed by atoms with Gasteiger partial charge in [-0.1, -0.05) is 23.2 Å². The number of nitrogen functional groups attached to an aromatic ring is 2. The van der Waals surface area contributed by atoms with Crippen LogP contribution in [0.15, 0.2) is 42.7 Å². The smallest absolute Gasteiger partial charge is 0.166 e. The highest BCUT2D eigenvalue weighted by atomic mass is 35.5. The number of nitrogens with two attached hydrogens (primary N) is 2. The van der Waals surface area contributed by atoms with Crippen LogP contribution in [0.1, 0.15) is 18.6 Å². The molecule has 8 heteroatoms. The number of nitrogens with zero attached hydrogens (tertiary/aromatic N) is 2. The number of hydrogen-bond acceptors (Lipinski definition) is 5. The standard InChI is InChI=1S/C18H15Cl2FN4O/c1-9(16-12(19)3-4-13(21)17(16)20)26-14-6-11(8-25-18(14)23)10-2-5-15(22)24-7-10/h2-9H,1H3,(H2,22,24)(H2,23,25)/t9-/m1/s1. The fraction of sp³-hybridized carbons (Fsp3) is 0.111. The van der Waals surface area contributed by atoms with Crippen LogP contribution >= 0.6 is 23.2 Å². The van der Waals surface area contributed by atoms with E-state index in [1.54, 1.807) is 31.5 Å². The lowest BCUT2D eigenvalue weighted by molar-refractivity contribution is 0.227. The highest BCUT2D eigenvalue weighted by Gasteiger charge is 2.20. The van der Waals surface area contributed by atoms with E-state index in [9.17, 15) is 4.39 Å². The maximum Gasteiger partial charge on any atom is 0.166 e. The van der Waals surface area contributed by atoms with Crippen molar-refractivity contribution in [3.05, 3.63) is 64.2 Å². The Hall–Kier alpha value is -2.57. The summed E-state index contributed by atoms with van der Waals surface area (Å²) in [6.07, 6.45) is 2.58. The minimum absolute atomic E-state index is 0.0876. The monoisotopic (exact) mass is 392 g/mol. The van der Waals surface area contributed by atoms with Crippen LogP contribution in [0.4, 0.5) is 16.0 Å². The van der Waals surface area contributed by atoms with Gasteiger partial charge in [0, 0.05) is 34.1 Å². The zero-order valence-corrected chi connectivity index (χ0v) is 15.2. The maximum atomic E-state index is 13.8. The third-order valence-electron chi connectivity index (χ3n) is 3.79. The second kappa shape index (κ2) is 7.35. The number of rotatable bonds is 4. The fourth-order valence-corrected chi connectivity index (χ4v) is 3.13. The Kier molecular flexibility index (Phi) is 5.15. The molecule has 0 aliphatic carbocycles. The largest absolute Gasteiger partial charge is 0.482 e. The van der Waals surface area contributed by atoms with Crippen LogP contribution in [0.25, 0.3) is 11.1 Å². The molecule has 1 aromatic carbocycles. The van der Waals surface area contributed by atoms with Crippen molar-refractivity contribution in [2.24, 2.45) is 0 Å². The molecule has 3 rings (SSSR count). The van der Waals surface area contributed by atoms with E-state index in [0.717, 1.165) is 11.1 Å². The first-order chi connectivity index (χ1) is 12.4. The van der Waals surface area contributed by atoms with Crippen molar-refractivity contribution < 1.29 is 9.13 Å². The molecule has 134 valence electrons. The van der Waals surface area contributed by atoms with Gasteiger partial charge in [-0.2, -0.15) is 0 Å². The molecule has 5 nitrogen and oxygen atoms in total. The van der Waals surface area contributed by atoms with E-state index in [4.69, 9.17) is 39.4 Å². The van der Waals surface area contributed by atoms with E-state index in [1.807, 2.05) is 6.07 Å². The van der Waals surface area contributed by atoms with E-state index in [2.05, 4.69) is 9.97 Å². The van der Waals surface area contributed by atoms with Gasteiger partial charge in [-0.05, 0) is 37.3 Å². The molecule has 0 amide bonds. The summed E-state index contributed by atoms with van der Waals surface area (Å²) in [5.41, 5.74) is 13.4. The summed E-state index contributed by atoms with van der Waals surface area (Å²) in [7, 11) is 0. The van der Waals surface area contributed by atoms with Crippen molar-refractivity contribution in [3.63, 3.8) is 0 Å². The minimum atomic E-state index is -0.644. The second-order valence-corrected chi connectivity index (χ2v) is 6.38. The number of anilines is 2. The van der Waals surface area contributed by atoms with Gasteiger partial charge in [0.2, 0.25) is 0 Å². The van der Waals surface area contributed by atoms with Gasteiger partial charge in [0.15, 0.2) is 11.6 Å². The first-order valence-corrected chi connectivity index (χ1v) is 8.40. The highest BCUT2D eigenvalue weighted by Crippen LogP contribution is 2.36. The van der Waals surface area contributed by atoms with E-state index >= 15 is 0 Å². The van der Waals surface area contributed by atoms with Crippen molar-refractivity contribution in [2.45, 2.75) is 13.0 Å². The lowest BCUT2D eigenvalue weighted by Gasteiger charge is -2.19. The van der Waals surface area contributed by atoms with E-state index < -0.39 is 11.9 Å². The van der Waals surface area contributed by atoms with Gasteiger partial charge in [0.25, 0.3) is 0 Å². The molecule has 0 fully saturated rings. The number of ether oxygens (including phenoxy) is 1. The van der Waals surface area contributed by atoms with Crippen molar-refractivity contribution >= 4 is 34.8 Å². The number of aromatic nitrogens is 2. The summed E-state index contributed by atoms with van der Waals surface area (Å²) in [6, 6.07) is 7.83. The predicted octanol–water partition coefficient (Wildman–Crippen LogP) is 4.89. The first kappa shape index (κ1) is 18.2.